The molecular formula is C9H8N2O2S3. The second-order valence-electron chi connectivity index (χ2n) is 3.11. The highest BCUT2D eigenvalue weighted by molar-refractivity contribution is 7.82. The lowest BCUT2D eigenvalue weighted by Gasteiger charge is -2.14. The highest BCUT2D eigenvalue weighted by atomic mass is 32.1. The first-order valence-corrected chi connectivity index (χ1v) is 6.15. The Labute approximate surface area is 107 Å². The van der Waals surface area contributed by atoms with Gasteiger partial charge in [0, 0.05) is 11.8 Å². The van der Waals surface area contributed by atoms with E-state index in [0.29, 0.717) is 10.1 Å². The van der Waals surface area contributed by atoms with Crippen molar-refractivity contribution in [2.24, 2.45) is 0 Å². The van der Waals surface area contributed by atoms with Crippen LogP contribution in [-0.2, 0) is 9.63 Å². The summed E-state index contributed by atoms with van der Waals surface area (Å²) in [5.41, 5.74) is 0. The van der Waals surface area contributed by atoms with Gasteiger partial charge < -0.3 is 10.2 Å². The quantitative estimate of drug-likeness (QED) is 0.828. The predicted molar refractivity (Wildman–Crippen MR) is 69.0 cm³/mol. The van der Waals surface area contributed by atoms with Crippen LogP contribution in [0.4, 0.5) is 0 Å². The normalized spacial score (nSPS) is 19.8. The Morgan fingerprint density at radius 2 is 2.38 bits per heavy atom. The van der Waals surface area contributed by atoms with E-state index in [2.05, 4.69) is 5.32 Å². The number of hydrogen-bond donors (Lipinski definition) is 1. The molecule has 1 atom stereocenters. The zero-order valence-corrected chi connectivity index (χ0v) is 10.7. The van der Waals surface area contributed by atoms with Crippen molar-refractivity contribution in [3.05, 3.63) is 22.4 Å². The highest BCUT2D eigenvalue weighted by Gasteiger charge is 2.36. The van der Waals surface area contributed by atoms with Crippen LogP contribution in [0.5, 0.6) is 0 Å². The number of thiophene rings is 1. The van der Waals surface area contributed by atoms with E-state index in [1.165, 1.54) is 12.0 Å². The maximum Gasteiger partial charge on any atom is 0.330 e. The summed E-state index contributed by atoms with van der Waals surface area (Å²) in [6.45, 7) is 1.31. The Morgan fingerprint density at radius 1 is 1.62 bits per heavy atom. The van der Waals surface area contributed by atoms with Gasteiger partial charge in [0.25, 0.3) is 0 Å². The Bertz CT molecular complexity index is 444. The van der Waals surface area contributed by atoms with Crippen LogP contribution in [-0.4, -0.2) is 21.1 Å². The van der Waals surface area contributed by atoms with E-state index in [4.69, 9.17) is 29.3 Å². The van der Waals surface area contributed by atoms with E-state index >= 15 is 0 Å². The molecule has 0 aromatic carbocycles. The largest absolute Gasteiger partial charge is 0.346 e. The number of nitrogens with zero attached hydrogens (tertiary/aromatic N) is 1. The average Bonchev–Trinajstić information content (AvgIpc) is 2.80. The molecule has 0 aliphatic carbocycles. The highest BCUT2D eigenvalue weighted by Crippen LogP contribution is 2.26. The van der Waals surface area contributed by atoms with Gasteiger partial charge in [-0.15, -0.1) is 16.4 Å². The smallest absolute Gasteiger partial charge is 0.330 e. The van der Waals surface area contributed by atoms with Crippen LogP contribution in [0.25, 0.3) is 0 Å². The summed E-state index contributed by atoms with van der Waals surface area (Å²) in [4.78, 5) is 17.3. The van der Waals surface area contributed by atoms with Crippen molar-refractivity contribution in [3.8, 4) is 0 Å². The van der Waals surface area contributed by atoms with Crippen molar-refractivity contribution in [1.29, 1.82) is 0 Å². The summed E-state index contributed by atoms with van der Waals surface area (Å²) in [5.74, 6) is -0.446. The molecule has 16 heavy (non-hydrogen) atoms. The first kappa shape index (κ1) is 11.4. The van der Waals surface area contributed by atoms with E-state index in [9.17, 15) is 4.79 Å². The minimum absolute atomic E-state index is 0.179. The fourth-order valence-electron chi connectivity index (χ4n) is 1.32. The Balaban J connectivity index is 2.19. The molecule has 0 radical (unpaired) electrons. The molecule has 2 rings (SSSR count). The van der Waals surface area contributed by atoms with Crippen molar-refractivity contribution >= 4 is 51.8 Å². The van der Waals surface area contributed by atoms with Crippen molar-refractivity contribution in [2.75, 3.05) is 0 Å². The number of thiocarbonyl (C=S) groups is 2. The lowest BCUT2D eigenvalue weighted by atomic mass is 10.2. The van der Waals surface area contributed by atoms with Gasteiger partial charge in [0.15, 0.2) is 4.99 Å². The molecule has 1 aliphatic rings. The lowest BCUT2D eigenvalue weighted by Crippen LogP contribution is -2.31. The summed E-state index contributed by atoms with van der Waals surface area (Å²) in [6.07, 6.45) is 0. The molecule has 1 saturated heterocycles. The van der Waals surface area contributed by atoms with Crippen molar-refractivity contribution in [2.45, 2.75) is 13.0 Å². The van der Waals surface area contributed by atoms with E-state index in [0.717, 1.165) is 4.88 Å². The van der Waals surface area contributed by atoms with Gasteiger partial charge in [-0.3, -0.25) is 0 Å². The summed E-state index contributed by atoms with van der Waals surface area (Å²) < 4.78 is 0. The number of rotatable bonds is 2. The summed E-state index contributed by atoms with van der Waals surface area (Å²) in [6, 6.07) is 3.71. The Hall–Kier alpha value is -1.05. The van der Waals surface area contributed by atoms with E-state index in [-0.39, 0.29) is 6.04 Å². The Kier molecular flexibility index (Phi) is 3.17. The first-order valence-electron chi connectivity index (χ1n) is 4.46. The van der Waals surface area contributed by atoms with Crippen molar-refractivity contribution in [1.82, 2.24) is 10.4 Å². The van der Waals surface area contributed by atoms with Gasteiger partial charge in [0.1, 0.15) is 6.04 Å². The minimum atomic E-state index is -0.446. The van der Waals surface area contributed by atoms with Gasteiger partial charge in [-0.1, -0.05) is 18.3 Å². The molecule has 2 heterocycles. The maximum atomic E-state index is 10.9. The number of hydroxylamine groups is 2. The van der Waals surface area contributed by atoms with Crippen molar-refractivity contribution < 1.29 is 9.63 Å². The molecule has 7 heteroatoms. The summed E-state index contributed by atoms with van der Waals surface area (Å²) in [5, 5.41) is 6.48. The van der Waals surface area contributed by atoms with Crippen LogP contribution in [0.3, 0.4) is 0 Å². The standard InChI is InChI=1S/C9H8N2O2S3/c1-5(12)13-11-8(14)7(10-9(11)15)6-3-2-4-16-6/h2-4,7H,1H3,(H,10,15). The zero-order valence-electron chi connectivity index (χ0n) is 8.30. The monoisotopic (exact) mass is 272 g/mol. The van der Waals surface area contributed by atoms with Gasteiger partial charge in [0.05, 0.1) is 0 Å². The molecular weight excluding hydrogens is 264 g/mol. The molecule has 1 N–H and O–H groups in total. The van der Waals surface area contributed by atoms with Gasteiger partial charge in [-0.05, 0) is 23.7 Å². The van der Waals surface area contributed by atoms with Gasteiger partial charge in [-0.25, -0.2) is 4.79 Å². The molecule has 0 spiro atoms. The molecule has 0 bridgehead atoms. The molecule has 1 unspecified atom stereocenters. The number of carbonyl (C=O) groups is 1. The third-order valence-corrected chi connectivity index (χ3v) is 3.57. The predicted octanol–water partition coefficient (Wildman–Crippen LogP) is 1.78. The molecule has 1 aromatic rings. The SMILES string of the molecule is CC(=O)ON1C(=S)NC(c2cccs2)C1=S. The molecule has 4 nitrogen and oxygen atoms in total. The molecule has 84 valence electrons. The summed E-state index contributed by atoms with van der Waals surface area (Å²) >= 11 is 11.8. The number of carbonyl (C=O) groups excluding carboxylic acids is 1. The van der Waals surface area contributed by atoms with Crippen LogP contribution in [0.1, 0.15) is 17.8 Å². The van der Waals surface area contributed by atoms with E-state index in [1.807, 2.05) is 17.5 Å². The molecule has 0 saturated carbocycles. The number of nitrogens with one attached hydrogen (secondary N) is 1. The van der Waals surface area contributed by atoms with Crippen LogP contribution in [0.2, 0.25) is 0 Å². The number of hydrogen-bond acceptors (Lipinski definition) is 5. The second kappa shape index (κ2) is 4.44. The van der Waals surface area contributed by atoms with E-state index < -0.39 is 5.97 Å². The maximum absolute atomic E-state index is 10.9. The molecule has 0 amide bonds. The molecule has 1 fully saturated rings. The van der Waals surface area contributed by atoms with Crippen LogP contribution in [0, 0.1) is 0 Å². The third-order valence-electron chi connectivity index (χ3n) is 1.95. The fourth-order valence-corrected chi connectivity index (χ4v) is 2.80. The van der Waals surface area contributed by atoms with Gasteiger partial charge in [-0.2, -0.15) is 0 Å². The lowest BCUT2D eigenvalue weighted by molar-refractivity contribution is -0.158. The molecule has 1 aromatic heterocycles. The first-order chi connectivity index (χ1) is 7.59. The average molecular weight is 272 g/mol. The molecule has 1 aliphatic heterocycles. The summed E-state index contributed by atoms with van der Waals surface area (Å²) in [7, 11) is 0. The Morgan fingerprint density at radius 3 is 2.94 bits per heavy atom. The topological polar surface area (TPSA) is 41.6 Å². The minimum Gasteiger partial charge on any atom is -0.346 e. The van der Waals surface area contributed by atoms with E-state index in [1.54, 1.807) is 11.3 Å². The third kappa shape index (κ3) is 2.06. The van der Waals surface area contributed by atoms with Crippen molar-refractivity contribution in [3.63, 3.8) is 0 Å². The van der Waals surface area contributed by atoms with Crippen LogP contribution >= 0.6 is 35.8 Å². The van der Waals surface area contributed by atoms with Crippen LogP contribution < -0.4 is 5.32 Å². The van der Waals surface area contributed by atoms with Gasteiger partial charge in [0.2, 0.25) is 5.11 Å². The zero-order chi connectivity index (χ0) is 11.7. The van der Waals surface area contributed by atoms with Gasteiger partial charge >= 0.3 is 5.97 Å². The van der Waals surface area contributed by atoms with Crippen LogP contribution in [0.15, 0.2) is 17.5 Å². The second-order valence-corrected chi connectivity index (χ2v) is 4.90. The fraction of sp³-hybridized carbons (Fsp3) is 0.222.